The van der Waals surface area contributed by atoms with Gasteiger partial charge in [-0.1, -0.05) is 13.0 Å². The van der Waals surface area contributed by atoms with Crippen LogP contribution in [0.2, 0.25) is 0 Å². The van der Waals surface area contributed by atoms with Gasteiger partial charge in [-0.15, -0.1) is 6.58 Å². The second-order valence-electron chi connectivity index (χ2n) is 10.3. The minimum atomic E-state index is -5.02. The van der Waals surface area contributed by atoms with E-state index in [9.17, 15) is 35.9 Å². The number of likely N-dealkylation sites (tertiary alicyclic amines) is 1. The number of hydrogen-bond donors (Lipinski definition) is 0. The van der Waals surface area contributed by atoms with Crippen molar-refractivity contribution in [3.8, 4) is 0 Å². The fourth-order valence-corrected chi connectivity index (χ4v) is 4.65. The van der Waals surface area contributed by atoms with Gasteiger partial charge in [0, 0.05) is 24.7 Å². The summed E-state index contributed by atoms with van der Waals surface area (Å²) in [5.41, 5.74) is -4.05. The highest BCUT2D eigenvalue weighted by Gasteiger charge is 2.43. The van der Waals surface area contributed by atoms with Crippen LogP contribution < -0.4 is 0 Å². The number of alkyl halides is 6. The third-order valence-corrected chi connectivity index (χ3v) is 6.24. The summed E-state index contributed by atoms with van der Waals surface area (Å²) in [6, 6.07) is -0.282. The van der Waals surface area contributed by atoms with Gasteiger partial charge in [0.05, 0.1) is 18.2 Å². The van der Waals surface area contributed by atoms with Crippen LogP contribution in [0.15, 0.2) is 30.9 Å². The van der Waals surface area contributed by atoms with Crippen molar-refractivity contribution >= 4 is 12.2 Å². The first kappa shape index (κ1) is 31.3. The maximum atomic E-state index is 13.4. The van der Waals surface area contributed by atoms with E-state index in [4.69, 9.17) is 9.47 Å². The highest BCUT2D eigenvalue weighted by molar-refractivity contribution is 5.70. The van der Waals surface area contributed by atoms with Gasteiger partial charge >= 0.3 is 24.5 Å². The summed E-state index contributed by atoms with van der Waals surface area (Å²) < 4.78 is 90.8. The molecule has 1 aliphatic rings. The van der Waals surface area contributed by atoms with Gasteiger partial charge in [0.15, 0.2) is 0 Å². The second-order valence-corrected chi connectivity index (χ2v) is 10.3. The molecule has 1 aromatic carbocycles. The molecule has 1 fully saturated rings. The van der Waals surface area contributed by atoms with Gasteiger partial charge in [0.1, 0.15) is 5.60 Å². The van der Waals surface area contributed by atoms with Crippen LogP contribution in [0.5, 0.6) is 0 Å². The Morgan fingerprint density at radius 1 is 1.03 bits per heavy atom. The van der Waals surface area contributed by atoms with E-state index in [1.165, 1.54) is 0 Å². The van der Waals surface area contributed by atoms with Crippen molar-refractivity contribution < 1.29 is 45.4 Å². The van der Waals surface area contributed by atoms with E-state index in [0.717, 1.165) is 12.0 Å². The molecule has 38 heavy (non-hydrogen) atoms. The molecule has 214 valence electrons. The first-order valence-corrected chi connectivity index (χ1v) is 12.2. The Labute approximate surface area is 218 Å². The average molecular weight is 553 g/mol. The van der Waals surface area contributed by atoms with Crippen molar-refractivity contribution in [3.05, 3.63) is 47.5 Å². The molecule has 0 aromatic heterocycles. The molecule has 1 aliphatic heterocycles. The van der Waals surface area contributed by atoms with Crippen molar-refractivity contribution in [2.45, 2.75) is 96.0 Å². The quantitative estimate of drug-likeness (QED) is 0.272. The summed E-state index contributed by atoms with van der Waals surface area (Å²) in [7, 11) is 1.08. The van der Waals surface area contributed by atoms with E-state index in [2.05, 4.69) is 6.58 Å². The summed E-state index contributed by atoms with van der Waals surface area (Å²) in [6.07, 6.45) is -8.66. The molecule has 2 amide bonds. The first-order valence-electron chi connectivity index (χ1n) is 12.2. The van der Waals surface area contributed by atoms with Crippen LogP contribution in [0, 0.1) is 0 Å². The van der Waals surface area contributed by atoms with Crippen LogP contribution in [0.1, 0.15) is 70.1 Å². The second kappa shape index (κ2) is 11.9. The van der Waals surface area contributed by atoms with E-state index in [1.54, 1.807) is 31.7 Å². The van der Waals surface area contributed by atoms with Crippen molar-refractivity contribution in [1.82, 2.24) is 9.80 Å². The molecule has 0 radical (unpaired) electrons. The SMILES string of the molecule is C=CC[C@H]1C[C@@H](N(Cc2cc(C(F)(F)F)cc(C(F)(F)F)c2)C(=O)OC)C[C@@H](CC)N1C(=O)OC(C)(C)C. The molecular formula is C26H34F6N2O4. The van der Waals surface area contributed by atoms with Gasteiger partial charge in [-0.3, -0.25) is 0 Å². The number of nitrogens with zero attached hydrogens (tertiary/aromatic N) is 2. The fourth-order valence-electron chi connectivity index (χ4n) is 4.65. The lowest BCUT2D eigenvalue weighted by atomic mass is 9.87. The summed E-state index contributed by atoms with van der Waals surface area (Å²) in [5, 5.41) is 0. The third-order valence-electron chi connectivity index (χ3n) is 6.24. The molecule has 6 nitrogen and oxygen atoms in total. The van der Waals surface area contributed by atoms with Crippen LogP contribution in [-0.2, 0) is 28.4 Å². The van der Waals surface area contributed by atoms with Crippen LogP contribution in [0.3, 0.4) is 0 Å². The molecule has 1 heterocycles. The Bertz CT molecular complexity index is 971. The zero-order valence-corrected chi connectivity index (χ0v) is 22.1. The first-order chi connectivity index (χ1) is 17.4. The Hall–Kier alpha value is -2.92. The molecule has 1 aromatic rings. The number of piperidine rings is 1. The van der Waals surface area contributed by atoms with Crippen molar-refractivity contribution in [3.63, 3.8) is 0 Å². The lowest BCUT2D eigenvalue weighted by Crippen LogP contribution is -2.58. The van der Waals surface area contributed by atoms with E-state index in [1.807, 2.05) is 6.92 Å². The van der Waals surface area contributed by atoms with E-state index < -0.39 is 65.9 Å². The number of amides is 2. The Morgan fingerprint density at radius 3 is 1.97 bits per heavy atom. The molecule has 0 N–H and O–H groups in total. The highest BCUT2D eigenvalue weighted by Crippen LogP contribution is 2.38. The predicted octanol–water partition coefficient (Wildman–Crippen LogP) is 7.42. The maximum Gasteiger partial charge on any atom is 0.416 e. The molecule has 0 spiro atoms. The summed E-state index contributed by atoms with van der Waals surface area (Å²) >= 11 is 0. The van der Waals surface area contributed by atoms with Gasteiger partial charge in [-0.2, -0.15) is 26.3 Å². The third kappa shape index (κ3) is 8.04. The minimum Gasteiger partial charge on any atom is -0.453 e. The number of rotatable bonds is 6. The lowest BCUT2D eigenvalue weighted by molar-refractivity contribution is -0.143. The van der Waals surface area contributed by atoms with E-state index in [-0.39, 0.29) is 24.5 Å². The Morgan fingerprint density at radius 2 is 1.55 bits per heavy atom. The number of methoxy groups -OCH3 is 1. The average Bonchev–Trinajstić information content (AvgIpc) is 2.79. The van der Waals surface area contributed by atoms with Crippen LogP contribution in [-0.4, -0.2) is 52.8 Å². The van der Waals surface area contributed by atoms with Crippen LogP contribution in [0.25, 0.3) is 0 Å². The minimum absolute atomic E-state index is 0.0402. The van der Waals surface area contributed by atoms with Gasteiger partial charge < -0.3 is 19.3 Å². The monoisotopic (exact) mass is 552 g/mol. The number of carbonyl (C=O) groups is 2. The predicted molar refractivity (Wildman–Crippen MR) is 128 cm³/mol. The topological polar surface area (TPSA) is 59.1 Å². The Kier molecular flexibility index (Phi) is 9.77. The smallest absolute Gasteiger partial charge is 0.416 e. The van der Waals surface area contributed by atoms with Gasteiger partial charge in [-0.25, -0.2) is 9.59 Å². The molecule has 0 aliphatic carbocycles. The molecular weight excluding hydrogens is 518 g/mol. The number of carbonyl (C=O) groups excluding carboxylic acids is 2. The highest BCUT2D eigenvalue weighted by atomic mass is 19.4. The maximum absolute atomic E-state index is 13.4. The Balaban J connectivity index is 2.48. The van der Waals surface area contributed by atoms with Crippen molar-refractivity contribution in [2.24, 2.45) is 0 Å². The number of halogens is 6. The van der Waals surface area contributed by atoms with Gasteiger partial charge in [0.25, 0.3) is 0 Å². The van der Waals surface area contributed by atoms with Crippen LogP contribution >= 0.6 is 0 Å². The molecule has 0 bridgehead atoms. The molecule has 2 rings (SSSR count). The number of benzene rings is 1. The summed E-state index contributed by atoms with van der Waals surface area (Å²) in [6.45, 7) is 10.2. The zero-order chi connectivity index (χ0) is 29.1. The largest absolute Gasteiger partial charge is 0.453 e. The zero-order valence-electron chi connectivity index (χ0n) is 22.1. The summed E-state index contributed by atoms with van der Waals surface area (Å²) in [5.74, 6) is 0. The fraction of sp³-hybridized carbons (Fsp3) is 0.615. The molecule has 0 saturated carbocycles. The van der Waals surface area contributed by atoms with Crippen LogP contribution in [0.4, 0.5) is 35.9 Å². The van der Waals surface area contributed by atoms with Crippen molar-refractivity contribution in [1.29, 1.82) is 0 Å². The van der Waals surface area contributed by atoms with Gasteiger partial charge in [0.2, 0.25) is 0 Å². The normalized spacial score (nSPS) is 20.6. The molecule has 1 saturated heterocycles. The van der Waals surface area contributed by atoms with E-state index in [0.29, 0.717) is 25.0 Å². The molecule has 3 atom stereocenters. The summed E-state index contributed by atoms with van der Waals surface area (Å²) in [4.78, 5) is 28.5. The van der Waals surface area contributed by atoms with Gasteiger partial charge in [-0.05, 0) is 70.2 Å². The number of hydrogen-bond acceptors (Lipinski definition) is 4. The van der Waals surface area contributed by atoms with E-state index >= 15 is 0 Å². The molecule has 12 heteroatoms. The lowest BCUT2D eigenvalue weighted by Gasteiger charge is -2.47. The number of ether oxygens (including phenoxy) is 2. The van der Waals surface area contributed by atoms with Crippen molar-refractivity contribution in [2.75, 3.05) is 7.11 Å². The molecule has 0 unspecified atom stereocenters. The standard InChI is InChI=1S/C26H34F6N2O4/c1-7-9-20-14-21(13-19(8-2)34(20)23(36)38-24(3,4)5)33(22(35)37-6)15-16-10-17(25(27,28)29)12-18(11-16)26(30,31)32/h7,10-12,19-21H,1,8-9,13-15H2,2-6H3/t19-,20+,21+/m1/s1.